The number of sulfonamides is 1. The number of hydrogen-bond acceptors (Lipinski definition) is 4. The average molecular weight is 366 g/mol. The maximum atomic E-state index is 12.4. The first-order chi connectivity index (χ1) is 12.0. The molecule has 0 bridgehead atoms. The van der Waals surface area contributed by atoms with Crippen molar-refractivity contribution in [2.45, 2.75) is 49.5 Å². The summed E-state index contributed by atoms with van der Waals surface area (Å²) in [5.41, 5.74) is 0.445. The lowest BCUT2D eigenvalue weighted by Crippen LogP contribution is -2.31. The summed E-state index contributed by atoms with van der Waals surface area (Å²) < 4.78 is 27.5. The third kappa shape index (κ3) is 4.59. The van der Waals surface area contributed by atoms with E-state index in [0.717, 1.165) is 12.8 Å². The minimum Gasteiger partial charge on any atom is -0.391 e. The second-order valence-corrected chi connectivity index (χ2v) is 8.84. The maximum Gasteiger partial charge on any atom is 0.253 e. The van der Waals surface area contributed by atoms with Gasteiger partial charge in [0.25, 0.3) is 5.91 Å². The van der Waals surface area contributed by atoms with E-state index in [1.807, 2.05) is 0 Å². The van der Waals surface area contributed by atoms with E-state index in [1.54, 1.807) is 17.0 Å². The van der Waals surface area contributed by atoms with Gasteiger partial charge >= 0.3 is 0 Å². The number of aliphatic hydroxyl groups excluding tert-OH is 1. The Hall–Kier alpha value is -1.44. The fourth-order valence-corrected chi connectivity index (χ4v) is 4.70. The Morgan fingerprint density at radius 3 is 2.40 bits per heavy atom. The zero-order valence-corrected chi connectivity index (χ0v) is 15.2. The normalized spacial score (nSPS) is 22.3. The molecular weight excluding hydrogens is 340 g/mol. The first-order valence-corrected chi connectivity index (χ1v) is 10.5. The minimum atomic E-state index is -3.54. The number of hydrogen-bond donors (Lipinski definition) is 2. The summed E-state index contributed by atoms with van der Waals surface area (Å²) in [6, 6.07) is 6.04. The molecule has 7 heteroatoms. The van der Waals surface area contributed by atoms with E-state index in [1.165, 1.54) is 31.4 Å². The number of aliphatic hydroxyl groups is 1. The molecule has 1 unspecified atom stereocenters. The molecule has 25 heavy (non-hydrogen) atoms. The largest absolute Gasteiger partial charge is 0.391 e. The van der Waals surface area contributed by atoms with E-state index in [-0.39, 0.29) is 10.8 Å². The van der Waals surface area contributed by atoms with Gasteiger partial charge in [-0.3, -0.25) is 4.79 Å². The van der Waals surface area contributed by atoms with Crippen molar-refractivity contribution in [3.05, 3.63) is 29.8 Å². The lowest BCUT2D eigenvalue weighted by molar-refractivity contribution is 0.0765. The molecule has 6 nitrogen and oxygen atoms in total. The molecule has 1 heterocycles. The van der Waals surface area contributed by atoms with Gasteiger partial charge < -0.3 is 10.0 Å². The van der Waals surface area contributed by atoms with Crippen LogP contribution in [0.1, 0.15) is 48.9 Å². The second-order valence-electron chi connectivity index (χ2n) is 7.07. The van der Waals surface area contributed by atoms with Crippen molar-refractivity contribution in [1.82, 2.24) is 9.62 Å². The van der Waals surface area contributed by atoms with Crippen LogP contribution in [0.15, 0.2) is 29.2 Å². The van der Waals surface area contributed by atoms with Crippen LogP contribution in [-0.4, -0.2) is 50.1 Å². The van der Waals surface area contributed by atoms with Crippen molar-refractivity contribution in [2.75, 3.05) is 19.6 Å². The number of rotatable bonds is 5. The van der Waals surface area contributed by atoms with Crippen LogP contribution in [0.25, 0.3) is 0 Å². The molecule has 1 aromatic rings. The maximum absolute atomic E-state index is 12.4. The van der Waals surface area contributed by atoms with Crippen LogP contribution >= 0.6 is 0 Å². The molecule has 2 aliphatic rings. The van der Waals surface area contributed by atoms with E-state index in [2.05, 4.69) is 4.72 Å². The standard InChI is InChI=1S/C18H26N2O4S/c21-16-10-11-20(13-16)18(22)15-6-8-17(9-7-15)25(23,24)19-12-14-4-2-1-3-5-14/h6-9,14,16,19,21H,1-5,10-13H2. The van der Waals surface area contributed by atoms with Crippen LogP contribution in [0.4, 0.5) is 0 Å². The van der Waals surface area contributed by atoms with E-state index in [4.69, 9.17) is 0 Å². The third-order valence-corrected chi connectivity index (χ3v) is 6.59. The Kier molecular flexibility index (Phi) is 5.76. The van der Waals surface area contributed by atoms with Gasteiger partial charge in [0, 0.05) is 25.2 Å². The molecule has 0 radical (unpaired) electrons. The monoisotopic (exact) mass is 366 g/mol. The Labute approximate surface area is 149 Å². The number of nitrogens with one attached hydrogen (secondary N) is 1. The molecule has 1 atom stereocenters. The molecule has 1 amide bonds. The molecule has 0 spiro atoms. The molecule has 0 aromatic heterocycles. The number of carbonyl (C=O) groups is 1. The molecule has 1 aliphatic carbocycles. The predicted octanol–water partition coefficient (Wildman–Crippen LogP) is 1.75. The van der Waals surface area contributed by atoms with Crippen molar-refractivity contribution in [3.8, 4) is 0 Å². The van der Waals surface area contributed by atoms with E-state index in [0.29, 0.717) is 37.5 Å². The van der Waals surface area contributed by atoms with Crippen molar-refractivity contribution < 1.29 is 18.3 Å². The lowest BCUT2D eigenvalue weighted by atomic mass is 9.90. The zero-order valence-electron chi connectivity index (χ0n) is 14.4. The lowest BCUT2D eigenvalue weighted by Gasteiger charge is -2.21. The minimum absolute atomic E-state index is 0.171. The van der Waals surface area contributed by atoms with Crippen LogP contribution in [0.5, 0.6) is 0 Å². The number of benzene rings is 1. The highest BCUT2D eigenvalue weighted by molar-refractivity contribution is 7.89. The zero-order chi connectivity index (χ0) is 17.9. The van der Waals surface area contributed by atoms with Crippen molar-refractivity contribution in [1.29, 1.82) is 0 Å². The molecule has 1 aromatic carbocycles. The summed E-state index contributed by atoms with van der Waals surface area (Å²) in [7, 11) is -3.54. The number of likely N-dealkylation sites (tertiary alicyclic amines) is 1. The second kappa shape index (κ2) is 7.85. The molecule has 3 rings (SSSR count). The van der Waals surface area contributed by atoms with Gasteiger partial charge in [0.1, 0.15) is 0 Å². The van der Waals surface area contributed by atoms with E-state index in [9.17, 15) is 18.3 Å². The van der Waals surface area contributed by atoms with E-state index >= 15 is 0 Å². The molecule has 1 saturated heterocycles. The molecule has 138 valence electrons. The van der Waals surface area contributed by atoms with Gasteiger partial charge in [0.15, 0.2) is 0 Å². The summed E-state index contributed by atoms with van der Waals surface area (Å²) in [5.74, 6) is 0.252. The van der Waals surface area contributed by atoms with Crippen LogP contribution in [0.3, 0.4) is 0 Å². The van der Waals surface area contributed by atoms with Crippen LogP contribution < -0.4 is 4.72 Å². The quantitative estimate of drug-likeness (QED) is 0.831. The van der Waals surface area contributed by atoms with Crippen LogP contribution in [0, 0.1) is 5.92 Å². The summed E-state index contributed by atoms with van der Waals surface area (Å²) in [5, 5.41) is 9.53. The highest BCUT2D eigenvalue weighted by Gasteiger charge is 2.26. The Morgan fingerprint density at radius 2 is 1.80 bits per heavy atom. The van der Waals surface area contributed by atoms with Gasteiger partial charge in [0.05, 0.1) is 11.0 Å². The third-order valence-electron chi connectivity index (χ3n) is 5.15. The van der Waals surface area contributed by atoms with Gasteiger partial charge in [-0.15, -0.1) is 0 Å². The molecule has 2 fully saturated rings. The Balaban J connectivity index is 1.61. The SMILES string of the molecule is O=C(c1ccc(S(=O)(=O)NCC2CCCCC2)cc1)N1CCC(O)C1. The molecular formula is C18H26N2O4S. The Bertz CT molecular complexity index is 696. The fourth-order valence-electron chi connectivity index (χ4n) is 3.59. The smallest absolute Gasteiger partial charge is 0.253 e. The van der Waals surface area contributed by atoms with Crippen molar-refractivity contribution in [3.63, 3.8) is 0 Å². The number of carbonyl (C=O) groups excluding carboxylic acids is 1. The van der Waals surface area contributed by atoms with Crippen molar-refractivity contribution >= 4 is 15.9 Å². The fraction of sp³-hybridized carbons (Fsp3) is 0.611. The summed E-state index contributed by atoms with van der Waals surface area (Å²) in [4.78, 5) is 14.1. The molecule has 1 aliphatic heterocycles. The molecule has 2 N–H and O–H groups in total. The van der Waals surface area contributed by atoms with Gasteiger partial charge in [-0.2, -0.15) is 0 Å². The summed E-state index contributed by atoms with van der Waals surface area (Å²) in [6.07, 6.45) is 5.88. The summed E-state index contributed by atoms with van der Waals surface area (Å²) in [6.45, 7) is 1.35. The highest BCUT2D eigenvalue weighted by Crippen LogP contribution is 2.23. The van der Waals surface area contributed by atoms with E-state index < -0.39 is 16.1 Å². The topological polar surface area (TPSA) is 86.7 Å². The predicted molar refractivity (Wildman–Crippen MR) is 94.7 cm³/mol. The Morgan fingerprint density at radius 1 is 1.12 bits per heavy atom. The first kappa shape index (κ1) is 18.4. The number of amides is 1. The molecule has 1 saturated carbocycles. The van der Waals surface area contributed by atoms with Crippen LogP contribution in [-0.2, 0) is 10.0 Å². The highest BCUT2D eigenvalue weighted by atomic mass is 32.2. The van der Waals surface area contributed by atoms with Crippen molar-refractivity contribution in [2.24, 2.45) is 5.92 Å². The van der Waals surface area contributed by atoms with Gasteiger partial charge in [0.2, 0.25) is 10.0 Å². The van der Waals surface area contributed by atoms with Crippen LogP contribution in [0.2, 0.25) is 0 Å². The number of β-amino-alcohol motifs (C(OH)–C–C–N with tert-alkyl or cyclic N) is 1. The average Bonchev–Trinajstić information content (AvgIpc) is 3.07. The van der Waals surface area contributed by atoms with Gasteiger partial charge in [-0.05, 0) is 49.4 Å². The van der Waals surface area contributed by atoms with Gasteiger partial charge in [-0.25, -0.2) is 13.1 Å². The first-order valence-electron chi connectivity index (χ1n) is 9.03. The number of nitrogens with zero attached hydrogens (tertiary/aromatic N) is 1. The summed E-state index contributed by atoms with van der Waals surface area (Å²) >= 11 is 0. The van der Waals surface area contributed by atoms with Gasteiger partial charge in [-0.1, -0.05) is 19.3 Å².